The first kappa shape index (κ1) is 11.7. The molecule has 2 aliphatic rings. The van der Waals surface area contributed by atoms with Gasteiger partial charge in [0.2, 0.25) is 0 Å². The van der Waals surface area contributed by atoms with Crippen molar-refractivity contribution in [2.75, 3.05) is 0 Å². The van der Waals surface area contributed by atoms with Gasteiger partial charge in [0.25, 0.3) is 0 Å². The van der Waals surface area contributed by atoms with Crippen LogP contribution < -0.4 is 0 Å². The summed E-state index contributed by atoms with van der Waals surface area (Å²) in [6.07, 6.45) is 6.11. The summed E-state index contributed by atoms with van der Waals surface area (Å²) in [6.45, 7) is 6.97. The Morgan fingerprint density at radius 1 is 1.50 bits per heavy atom. The van der Waals surface area contributed by atoms with Crippen molar-refractivity contribution in [3.8, 4) is 0 Å². The SMILES string of the molecule is CC1CC=C2C[C@@H](C(=O)O)CC[C@]2(C)C1C. The van der Waals surface area contributed by atoms with Gasteiger partial charge in [-0.2, -0.15) is 0 Å². The first-order valence-electron chi connectivity index (χ1n) is 6.37. The van der Waals surface area contributed by atoms with E-state index >= 15 is 0 Å². The molecule has 0 amide bonds. The third-order valence-corrected chi connectivity index (χ3v) is 5.16. The highest BCUT2D eigenvalue weighted by atomic mass is 16.4. The lowest BCUT2D eigenvalue weighted by Gasteiger charge is -2.48. The number of rotatable bonds is 1. The second-order valence-electron chi connectivity index (χ2n) is 5.93. The third kappa shape index (κ3) is 1.68. The predicted molar refractivity (Wildman–Crippen MR) is 64.1 cm³/mol. The zero-order chi connectivity index (χ0) is 11.9. The summed E-state index contributed by atoms with van der Waals surface area (Å²) in [7, 11) is 0. The van der Waals surface area contributed by atoms with E-state index < -0.39 is 5.97 Å². The molecule has 1 fully saturated rings. The Morgan fingerprint density at radius 3 is 2.81 bits per heavy atom. The van der Waals surface area contributed by atoms with Crippen molar-refractivity contribution in [1.29, 1.82) is 0 Å². The number of aliphatic carboxylic acids is 1. The van der Waals surface area contributed by atoms with Crippen LogP contribution in [0.15, 0.2) is 11.6 Å². The molecule has 4 atom stereocenters. The Labute approximate surface area is 97.7 Å². The van der Waals surface area contributed by atoms with Crippen molar-refractivity contribution in [2.24, 2.45) is 23.2 Å². The van der Waals surface area contributed by atoms with Crippen LogP contribution in [0.2, 0.25) is 0 Å². The van der Waals surface area contributed by atoms with Gasteiger partial charge in [0, 0.05) is 0 Å². The molecular weight excluding hydrogens is 200 g/mol. The van der Waals surface area contributed by atoms with Gasteiger partial charge in [0.15, 0.2) is 0 Å². The molecule has 0 aromatic carbocycles. The van der Waals surface area contributed by atoms with Gasteiger partial charge in [0.05, 0.1) is 5.92 Å². The summed E-state index contributed by atoms with van der Waals surface area (Å²) in [4.78, 5) is 11.1. The molecule has 2 unspecified atom stereocenters. The molecule has 0 bridgehead atoms. The number of carboxylic acid groups (broad SMARTS) is 1. The van der Waals surface area contributed by atoms with Gasteiger partial charge in [-0.25, -0.2) is 0 Å². The van der Waals surface area contributed by atoms with Gasteiger partial charge in [0.1, 0.15) is 0 Å². The zero-order valence-corrected chi connectivity index (χ0v) is 10.5. The van der Waals surface area contributed by atoms with Gasteiger partial charge in [-0.3, -0.25) is 4.79 Å². The van der Waals surface area contributed by atoms with Crippen LogP contribution in [0.3, 0.4) is 0 Å². The Bertz CT molecular complexity index is 332. The first-order valence-corrected chi connectivity index (χ1v) is 6.37. The molecule has 0 saturated heterocycles. The summed E-state index contributed by atoms with van der Waals surface area (Å²) < 4.78 is 0. The van der Waals surface area contributed by atoms with E-state index in [0.717, 1.165) is 31.6 Å². The van der Waals surface area contributed by atoms with Gasteiger partial charge in [-0.05, 0) is 42.9 Å². The first-order chi connectivity index (χ1) is 7.45. The topological polar surface area (TPSA) is 37.3 Å². The summed E-state index contributed by atoms with van der Waals surface area (Å²) in [5.41, 5.74) is 1.68. The predicted octanol–water partition coefficient (Wildman–Crippen LogP) is 3.48. The molecule has 2 rings (SSSR count). The van der Waals surface area contributed by atoms with E-state index in [1.165, 1.54) is 5.57 Å². The number of hydrogen-bond acceptors (Lipinski definition) is 1. The fourth-order valence-corrected chi connectivity index (χ4v) is 3.44. The normalized spacial score (nSPS) is 43.4. The standard InChI is InChI=1S/C14H22O2/c1-9-4-5-12-8-11(13(15)16)6-7-14(12,3)10(9)2/h5,9-11H,4,6-8H2,1-3H3,(H,15,16)/t9?,10?,11-,14+/m0/s1. The van der Waals surface area contributed by atoms with Crippen molar-refractivity contribution in [1.82, 2.24) is 0 Å². The van der Waals surface area contributed by atoms with Gasteiger partial charge in [-0.15, -0.1) is 0 Å². The van der Waals surface area contributed by atoms with Crippen LogP contribution >= 0.6 is 0 Å². The third-order valence-electron chi connectivity index (χ3n) is 5.16. The molecule has 2 nitrogen and oxygen atoms in total. The highest BCUT2D eigenvalue weighted by Gasteiger charge is 2.44. The fourth-order valence-electron chi connectivity index (χ4n) is 3.44. The summed E-state index contributed by atoms with van der Waals surface area (Å²) in [6, 6.07) is 0. The molecular formula is C14H22O2. The maximum atomic E-state index is 11.1. The van der Waals surface area contributed by atoms with Crippen molar-refractivity contribution < 1.29 is 9.90 Å². The molecule has 0 radical (unpaired) electrons. The Morgan fingerprint density at radius 2 is 2.19 bits per heavy atom. The molecule has 1 N–H and O–H groups in total. The van der Waals surface area contributed by atoms with E-state index in [9.17, 15) is 4.79 Å². The van der Waals surface area contributed by atoms with Crippen LogP contribution in [0.1, 0.15) is 46.5 Å². The molecule has 2 aliphatic carbocycles. The molecule has 0 spiro atoms. The monoisotopic (exact) mass is 222 g/mol. The minimum Gasteiger partial charge on any atom is -0.481 e. The highest BCUT2D eigenvalue weighted by Crippen LogP contribution is 2.53. The molecule has 2 heteroatoms. The van der Waals surface area contributed by atoms with Crippen molar-refractivity contribution in [3.63, 3.8) is 0 Å². The largest absolute Gasteiger partial charge is 0.481 e. The molecule has 0 aromatic heterocycles. The van der Waals surface area contributed by atoms with Gasteiger partial charge in [-0.1, -0.05) is 32.4 Å². The Hall–Kier alpha value is -0.790. The fraction of sp³-hybridized carbons (Fsp3) is 0.786. The van der Waals surface area contributed by atoms with Crippen LogP contribution in [0, 0.1) is 23.2 Å². The van der Waals surface area contributed by atoms with Crippen LogP contribution in [-0.4, -0.2) is 11.1 Å². The van der Waals surface area contributed by atoms with Gasteiger partial charge < -0.3 is 5.11 Å². The number of carbonyl (C=O) groups is 1. The zero-order valence-electron chi connectivity index (χ0n) is 10.5. The molecule has 90 valence electrons. The number of hydrogen-bond donors (Lipinski definition) is 1. The van der Waals surface area contributed by atoms with E-state index in [1.807, 2.05) is 0 Å². The molecule has 0 aromatic rings. The summed E-state index contributed by atoms with van der Waals surface area (Å²) in [5.74, 6) is 0.659. The average molecular weight is 222 g/mol. The van der Waals surface area contributed by atoms with E-state index in [-0.39, 0.29) is 11.3 Å². The van der Waals surface area contributed by atoms with Crippen LogP contribution in [0.25, 0.3) is 0 Å². The van der Waals surface area contributed by atoms with E-state index in [0.29, 0.717) is 5.92 Å². The quantitative estimate of drug-likeness (QED) is 0.690. The van der Waals surface area contributed by atoms with Crippen molar-refractivity contribution >= 4 is 5.97 Å². The van der Waals surface area contributed by atoms with E-state index in [2.05, 4.69) is 26.8 Å². The smallest absolute Gasteiger partial charge is 0.306 e. The second kappa shape index (κ2) is 3.90. The lowest BCUT2D eigenvalue weighted by Crippen LogP contribution is -2.40. The van der Waals surface area contributed by atoms with Crippen LogP contribution in [0.5, 0.6) is 0 Å². The molecule has 0 aliphatic heterocycles. The lowest BCUT2D eigenvalue weighted by molar-refractivity contribution is -0.143. The molecule has 0 heterocycles. The lowest BCUT2D eigenvalue weighted by atomic mass is 9.56. The van der Waals surface area contributed by atoms with Crippen molar-refractivity contribution in [2.45, 2.75) is 46.5 Å². The van der Waals surface area contributed by atoms with Gasteiger partial charge >= 0.3 is 5.97 Å². The maximum absolute atomic E-state index is 11.1. The Balaban J connectivity index is 2.24. The van der Waals surface area contributed by atoms with Crippen molar-refractivity contribution in [3.05, 3.63) is 11.6 Å². The maximum Gasteiger partial charge on any atom is 0.306 e. The average Bonchev–Trinajstić information content (AvgIpc) is 2.24. The Kier molecular flexibility index (Phi) is 2.85. The summed E-state index contributed by atoms with van der Waals surface area (Å²) >= 11 is 0. The van der Waals surface area contributed by atoms with E-state index in [1.54, 1.807) is 0 Å². The van der Waals surface area contributed by atoms with Crippen LogP contribution in [0.4, 0.5) is 0 Å². The minimum atomic E-state index is -0.616. The second-order valence-corrected chi connectivity index (χ2v) is 5.93. The highest BCUT2D eigenvalue weighted by molar-refractivity contribution is 5.70. The number of fused-ring (bicyclic) bond motifs is 1. The summed E-state index contributed by atoms with van der Waals surface area (Å²) in [5, 5.41) is 9.10. The number of allylic oxidation sites excluding steroid dienone is 2. The minimum absolute atomic E-state index is 0.139. The molecule has 1 saturated carbocycles. The molecule has 16 heavy (non-hydrogen) atoms. The van der Waals surface area contributed by atoms with E-state index in [4.69, 9.17) is 5.11 Å². The number of carboxylic acids is 1. The van der Waals surface area contributed by atoms with Crippen LogP contribution in [-0.2, 0) is 4.79 Å².